The fraction of sp³-hybridized carbons (Fsp3) is 0.111. The maximum Gasteiger partial charge on any atom is 0.328 e. The van der Waals surface area contributed by atoms with E-state index in [0.29, 0.717) is 6.54 Å². The highest BCUT2D eigenvalue weighted by Gasteiger charge is 2.03. The summed E-state index contributed by atoms with van der Waals surface area (Å²) in [7, 11) is 0. The topological polar surface area (TPSA) is 80.9 Å². The second kappa shape index (κ2) is 4.26. The normalized spacial score (nSPS) is 10.6. The molecule has 2 heterocycles. The lowest BCUT2D eigenvalue weighted by Gasteiger charge is -2.03. The van der Waals surface area contributed by atoms with E-state index in [1.807, 2.05) is 12.1 Å². The number of halogens is 1. The van der Waals surface area contributed by atoms with Crippen LogP contribution in [0.4, 0.5) is 5.69 Å². The lowest BCUT2D eigenvalue weighted by atomic mass is 10.4. The van der Waals surface area contributed by atoms with Gasteiger partial charge in [0.25, 0.3) is 5.56 Å². The molecular formula is C9H8BrN3O2S. The van der Waals surface area contributed by atoms with Crippen LogP contribution in [0.3, 0.4) is 0 Å². The summed E-state index contributed by atoms with van der Waals surface area (Å²) in [5.41, 5.74) is 4.47. The van der Waals surface area contributed by atoms with Gasteiger partial charge in [0.1, 0.15) is 5.69 Å². The van der Waals surface area contributed by atoms with E-state index in [1.165, 1.54) is 22.1 Å². The van der Waals surface area contributed by atoms with Gasteiger partial charge in [-0.2, -0.15) is 0 Å². The van der Waals surface area contributed by atoms with Crippen LogP contribution in [-0.4, -0.2) is 9.55 Å². The fourth-order valence-corrected chi connectivity index (χ4v) is 2.73. The van der Waals surface area contributed by atoms with Crippen LogP contribution in [0.1, 0.15) is 4.88 Å². The van der Waals surface area contributed by atoms with Crippen molar-refractivity contribution in [2.45, 2.75) is 6.54 Å². The predicted octanol–water partition coefficient (Wildman–Crippen LogP) is 0.991. The Morgan fingerprint density at radius 1 is 1.44 bits per heavy atom. The van der Waals surface area contributed by atoms with Crippen molar-refractivity contribution < 1.29 is 0 Å². The zero-order valence-corrected chi connectivity index (χ0v) is 10.5. The minimum absolute atomic E-state index is 0.0372. The molecule has 2 aromatic heterocycles. The van der Waals surface area contributed by atoms with Crippen molar-refractivity contribution in [3.63, 3.8) is 0 Å². The van der Waals surface area contributed by atoms with Crippen molar-refractivity contribution in [3.8, 4) is 0 Å². The molecule has 84 valence electrons. The molecule has 0 aliphatic rings. The molecule has 3 N–H and O–H groups in total. The Kier molecular flexibility index (Phi) is 2.97. The lowest BCUT2D eigenvalue weighted by Crippen LogP contribution is -2.31. The Labute approximate surface area is 103 Å². The summed E-state index contributed by atoms with van der Waals surface area (Å²) in [5, 5.41) is 0. The van der Waals surface area contributed by atoms with Crippen molar-refractivity contribution in [2.24, 2.45) is 0 Å². The van der Waals surface area contributed by atoms with Gasteiger partial charge in [0.15, 0.2) is 0 Å². The molecule has 5 nitrogen and oxygen atoms in total. The molecule has 0 unspecified atom stereocenters. The minimum atomic E-state index is -0.548. The largest absolute Gasteiger partial charge is 0.393 e. The molecule has 2 rings (SSSR count). The summed E-state index contributed by atoms with van der Waals surface area (Å²) < 4.78 is 2.36. The first-order valence-electron chi connectivity index (χ1n) is 4.40. The summed E-state index contributed by atoms with van der Waals surface area (Å²) in [6.45, 7) is 0.399. The number of aromatic amines is 1. The van der Waals surface area contributed by atoms with Crippen LogP contribution >= 0.6 is 27.3 Å². The summed E-state index contributed by atoms with van der Waals surface area (Å²) in [4.78, 5) is 25.7. The third-order valence-electron chi connectivity index (χ3n) is 1.99. The third kappa shape index (κ3) is 2.25. The molecule has 0 saturated carbocycles. The molecule has 0 bridgehead atoms. The number of H-pyrrole nitrogens is 1. The van der Waals surface area contributed by atoms with Crippen molar-refractivity contribution >= 4 is 33.0 Å². The van der Waals surface area contributed by atoms with E-state index < -0.39 is 11.2 Å². The maximum atomic E-state index is 11.4. The second-order valence-electron chi connectivity index (χ2n) is 3.18. The van der Waals surface area contributed by atoms with Gasteiger partial charge in [-0.3, -0.25) is 14.3 Å². The van der Waals surface area contributed by atoms with E-state index >= 15 is 0 Å². The van der Waals surface area contributed by atoms with E-state index in [4.69, 9.17) is 5.73 Å². The predicted molar refractivity (Wildman–Crippen MR) is 66.9 cm³/mol. The van der Waals surface area contributed by atoms with Crippen LogP contribution in [0.5, 0.6) is 0 Å². The summed E-state index contributed by atoms with van der Waals surface area (Å²) >= 11 is 4.86. The van der Waals surface area contributed by atoms with E-state index in [1.54, 1.807) is 0 Å². The standard InChI is InChI=1S/C9H8BrN3O2S/c10-7-2-1-5(16-7)3-13-4-6(11)8(14)12-9(13)15/h1-2,4H,3,11H2,(H,12,14,15). The number of hydrogen-bond acceptors (Lipinski definition) is 4. The Morgan fingerprint density at radius 2 is 2.19 bits per heavy atom. The molecule has 0 radical (unpaired) electrons. The number of nitrogens with one attached hydrogen (secondary N) is 1. The molecule has 0 fully saturated rings. The lowest BCUT2D eigenvalue weighted by molar-refractivity contribution is 0.732. The van der Waals surface area contributed by atoms with Gasteiger partial charge in [0.2, 0.25) is 0 Å². The van der Waals surface area contributed by atoms with Crippen molar-refractivity contribution in [2.75, 3.05) is 5.73 Å². The van der Waals surface area contributed by atoms with E-state index in [2.05, 4.69) is 20.9 Å². The van der Waals surface area contributed by atoms with Crippen LogP contribution in [0.2, 0.25) is 0 Å². The zero-order valence-electron chi connectivity index (χ0n) is 8.07. The molecular weight excluding hydrogens is 294 g/mol. The molecule has 16 heavy (non-hydrogen) atoms. The average Bonchev–Trinajstić information content (AvgIpc) is 2.60. The molecule has 0 aliphatic heterocycles. The summed E-state index contributed by atoms with van der Waals surface area (Å²) in [5.74, 6) is 0. The smallest absolute Gasteiger partial charge is 0.328 e. The van der Waals surface area contributed by atoms with Crippen molar-refractivity contribution in [3.05, 3.63) is 47.8 Å². The van der Waals surface area contributed by atoms with E-state index in [0.717, 1.165) is 8.66 Å². The van der Waals surface area contributed by atoms with Crippen LogP contribution in [0, 0.1) is 0 Å². The second-order valence-corrected chi connectivity index (χ2v) is 5.73. The highest BCUT2D eigenvalue weighted by atomic mass is 79.9. The molecule has 7 heteroatoms. The first-order chi connectivity index (χ1) is 7.56. The first-order valence-corrected chi connectivity index (χ1v) is 6.00. The number of rotatable bonds is 2. The molecule has 0 saturated heterocycles. The number of aromatic nitrogens is 2. The maximum absolute atomic E-state index is 11.4. The number of hydrogen-bond donors (Lipinski definition) is 2. The van der Waals surface area contributed by atoms with Gasteiger partial charge in [-0.25, -0.2) is 4.79 Å². The monoisotopic (exact) mass is 301 g/mol. The fourth-order valence-electron chi connectivity index (χ4n) is 1.25. The van der Waals surface area contributed by atoms with Crippen molar-refractivity contribution in [1.82, 2.24) is 9.55 Å². The van der Waals surface area contributed by atoms with E-state index in [-0.39, 0.29) is 5.69 Å². The van der Waals surface area contributed by atoms with Gasteiger partial charge >= 0.3 is 5.69 Å². The summed E-state index contributed by atoms with van der Waals surface area (Å²) in [6.07, 6.45) is 1.36. The Bertz CT molecular complexity index is 628. The van der Waals surface area contributed by atoms with Gasteiger partial charge in [-0.15, -0.1) is 11.3 Å². The SMILES string of the molecule is Nc1cn(Cc2ccc(Br)s2)c(=O)[nH]c1=O. The minimum Gasteiger partial charge on any atom is -0.393 e. The molecule has 0 spiro atoms. The Hall–Kier alpha value is -1.34. The number of nitrogen functional groups attached to an aromatic ring is 1. The third-order valence-corrected chi connectivity index (χ3v) is 3.60. The molecule has 0 amide bonds. The first kappa shape index (κ1) is 11.2. The number of nitrogens with zero attached hydrogens (tertiary/aromatic N) is 1. The molecule has 0 atom stereocenters. The molecule has 0 aromatic carbocycles. The van der Waals surface area contributed by atoms with Gasteiger partial charge in [0, 0.05) is 11.1 Å². The van der Waals surface area contributed by atoms with Crippen LogP contribution in [0.15, 0.2) is 31.7 Å². The van der Waals surface area contributed by atoms with Crippen LogP contribution < -0.4 is 17.0 Å². The van der Waals surface area contributed by atoms with Crippen LogP contribution in [0.25, 0.3) is 0 Å². The zero-order chi connectivity index (χ0) is 11.7. The number of nitrogens with two attached hydrogens (primary N) is 1. The quantitative estimate of drug-likeness (QED) is 0.868. The molecule has 0 aliphatic carbocycles. The van der Waals surface area contributed by atoms with Crippen LogP contribution in [-0.2, 0) is 6.54 Å². The van der Waals surface area contributed by atoms with Gasteiger partial charge < -0.3 is 5.73 Å². The van der Waals surface area contributed by atoms with Gasteiger partial charge in [-0.1, -0.05) is 0 Å². The highest BCUT2D eigenvalue weighted by Crippen LogP contribution is 2.22. The number of thiophene rings is 1. The van der Waals surface area contributed by atoms with E-state index in [9.17, 15) is 9.59 Å². The average molecular weight is 302 g/mol. The van der Waals surface area contributed by atoms with Gasteiger partial charge in [0.05, 0.1) is 10.3 Å². The van der Waals surface area contributed by atoms with Gasteiger partial charge in [-0.05, 0) is 28.1 Å². The Balaban J connectivity index is 2.39. The summed E-state index contributed by atoms with van der Waals surface area (Å²) in [6, 6.07) is 3.81. The molecule has 2 aromatic rings. The number of anilines is 1. The van der Waals surface area contributed by atoms with Crippen molar-refractivity contribution in [1.29, 1.82) is 0 Å². The highest BCUT2D eigenvalue weighted by molar-refractivity contribution is 9.11. The Morgan fingerprint density at radius 3 is 2.81 bits per heavy atom.